The summed E-state index contributed by atoms with van der Waals surface area (Å²) in [7, 11) is 0. The first-order chi connectivity index (χ1) is 8.69. The number of nitrogens with zero attached hydrogens (tertiary/aromatic N) is 2. The predicted molar refractivity (Wildman–Crippen MR) is 81.3 cm³/mol. The second kappa shape index (κ2) is 7.95. The standard InChI is InChI=1S/C13H16Cl2N2O.ClH/c14-9-13(18)17-7-5-16(6-8-17)10-11-1-3-12(15)4-2-11;/h1-4H,5-10H2;1H. The Morgan fingerprint density at radius 2 is 1.68 bits per heavy atom. The van der Waals surface area contributed by atoms with Gasteiger partial charge in [-0.1, -0.05) is 23.7 Å². The number of hydrogen-bond acceptors (Lipinski definition) is 2. The molecule has 0 aromatic heterocycles. The summed E-state index contributed by atoms with van der Waals surface area (Å²) in [6, 6.07) is 7.89. The molecule has 1 aliphatic heterocycles. The Morgan fingerprint density at radius 3 is 2.21 bits per heavy atom. The van der Waals surface area contributed by atoms with Crippen LogP contribution in [0.3, 0.4) is 0 Å². The Balaban J connectivity index is 0.00000180. The van der Waals surface area contributed by atoms with E-state index in [0.29, 0.717) is 0 Å². The smallest absolute Gasteiger partial charge is 0.237 e. The number of amides is 1. The lowest BCUT2D eigenvalue weighted by Crippen LogP contribution is -2.48. The van der Waals surface area contributed by atoms with Crippen molar-refractivity contribution in [3.05, 3.63) is 34.9 Å². The number of piperazine rings is 1. The van der Waals surface area contributed by atoms with Crippen LogP contribution in [-0.4, -0.2) is 47.8 Å². The van der Waals surface area contributed by atoms with E-state index in [-0.39, 0.29) is 24.2 Å². The minimum atomic E-state index is 0. The normalized spacial score (nSPS) is 16.0. The van der Waals surface area contributed by atoms with Gasteiger partial charge in [0.25, 0.3) is 0 Å². The molecule has 1 fully saturated rings. The van der Waals surface area contributed by atoms with Crippen molar-refractivity contribution in [1.29, 1.82) is 0 Å². The second-order valence-corrected chi connectivity index (χ2v) is 5.12. The van der Waals surface area contributed by atoms with Crippen molar-refractivity contribution in [1.82, 2.24) is 9.80 Å². The average Bonchev–Trinajstić information content (AvgIpc) is 2.41. The highest BCUT2D eigenvalue weighted by Crippen LogP contribution is 2.13. The number of hydrogen-bond donors (Lipinski definition) is 0. The largest absolute Gasteiger partial charge is 0.339 e. The summed E-state index contributed by atoms with van der Waals surface area (Å²) in [5.74, 6) is 0.111. The third kappa shape index (κ3) is 4.84. The maximum Gasteiger partial charge on any atom is 0.237 e. The van der Waals surface area contributed by atoms with Crippen molar-refractivity contribution in [2.24, 2.45) is 0 Å². The van der Waals surface area contributed by atoms with Crippen LogP contribution in [0.2, 0.25) is 5.02 Å². The summed E-state index contributed by atoms with van der Waals surface area (Å²) in [5, 5.41) is 0.760. The van der Waals surface area contributed by atoms with Crippen LogP contribution in [0.15, 0.2) is 24.3 Å². The van der Waals surface area contributed by atoms with Crippen molar-refractivity contribution >= 4 is 41.5 Å². The van der Waals surface area contributed by atoms with Gasteiger partial charge in [-0.15, -0.1) is 24.0 Å². The molecular weight excluding hydrogens is 307 g/mol. The fourth-order valence-corrected chi connectivity index (χ4v) is 2.38. The molecule has 0 unspecified atom stereocenters. The highest BCUT2D eigenvalue weighted by molar-refractivity contribution is 6.30. The lowest BCUT2D eigenvalue weighted by atomic mass is 10.2. The highest BCUT2D eigenvalue weighted by atomic mass is 35.5. The number of carbonyl (C=O) groups excluding carboxylic acids is 1. The van der Waals surface area contributed by atoms with Gasteiger partial charge in [-0.05, 0) is 17.7 Å². The summed E-state index contributed by atoms with van der Waals surface area (Å²) in [6.07, 6.45) is 0. The van der Waals surface area contributed by atoms with Crippen LogP contribution in [-0.2, 0) is 11.3 Å². The molecule has 0 saturated carbocycles. The third-order valence-corrected chi connectivity index (χ3v) is 3.64. The fraction of sp³-hybridized carbons (Fsp3) is 0.462. The van der Waals surface area contributed by atoms with Gasteiger partial charge in [-0.3, -0.25) is 9.69 Å². The zero-order chi connectivity index (χ0) is 13.0. The summed E-state index contributed by atoms with van der Waals surface area (Å²) in [5.41, 5.74) is 1.25. The maximum absolute atomic E-state index is 11.4. The molecule has 6 heteroatoms. The van der Waals surface area contributed by atoms with Crippen LogP contribution in [0, 0.1) is 0 Å². The van der Waals surface area contributed by atoms with Crippen LogP contribution < -0.4 is 0 Å². The van der Waals surface area contributed by atoms with Gasteiger partial charge in [0, 0.05) is 37.7 Å². The number of carbonyl (C=O) groups is 1. The lowest BCUT2D eigenvalue weighted by Gasteiger charge is -2.34. The van der Waals surface area contributed by atoms with Crippen LogP contribution in [0.4, 0.5) is 0 Å². The molecule has 1 aromatic carbocycles. The van der Waals surface area contributed by atoms with E-state index in [4.69, 9.17) is 23.2 Å². The molecule has 1 aromatic rings. The van der Waals surface area contributed by atoms with Crippen molar-refractivity contribution < 1.29 is 4.79 Å². The zero-order valence-corrected chi connectivity index (χ0v) is 12.8. The third-order valence-electron chi connectivity index (χ3n) is 3.16. The molecule has 1 amide bonds. The monoisotopic (exact) mass is 322 g/mol. The molecule has 1 saturated heterocycles. The summed E-state index contributed by atoms with van der Waals surface area (Å²) in [6.45, 7) is 4.22. The number of rotatable bonds is 3. The zero-order valence-electron chi connectivity index (χ0n) is 10.5. The van der Waals surface area contributed by atoms with Crippen LogP contribution >= 0.6 is 35.6 Å². The minimum Gasteiger partial charge on any atom is -0.339 e. The molecule has 106 valence electrons. The van der Waals surface area contributed by atoms with Crippen molar-refractivity contribution in [2.45, 2.75) is 6.54 Å². The molecule has 19 heavy (non-hydrogen) atoms. The Labute approximate surface area is 129 Å². The van der Waals surface area contributed by atoms with Crippen LogP contribution in [0.5, 0.6) is 0 Å². The minimum absolute atomic E-state index is 0. The maximum atomic E-state index is 11.4. The molecule has 0 aliphatic carbocycles. The SMILES string of the molecule is Cl.O=C(CCl)N1CCN(Cc2ccc(Cl)cc2)CC1. The van der Waals surface area contributed by atoms with E-state index in [1.807, 2.05) is 29.2 Å². The van der Waals surface area contributed by atoms with Gasteiger partial charge < -0.3 is 4.90 Å². The Morgan fingerprint density at radius 1 is 1.11 bits per heavy atom. The lowest BCUT2D eigenvalue weighted by molar-refractivity contribution is -0.130. The van der Waals surface area contributed by atoms with Crippen molar-refractivity contribution in [3.63, 3.8) is 0 Å². The molecule has 1 heterocycles. The Bertz CT molecular complexity index is 403. The van der Waals surface area contributed by atoms with Crippen molar-refractivity contribution in [3.8, 4) is 0 Å². The topological polar surface area (TPSA) is 23.6 Å². The second-order valence-electron chi connectivity index (χ2n) is 4.42. The molecule has 2 rings (SSSR count). The van der Waals surface area contributed by atoms with E-state index in [1.54, 1.807) is 0 Å². The van der Waals surface area contributed by atoms with E-state index in [0.717, 1.165) is 37.7 Å². The molecule has 3 nitrogen and oxygen atoms in total. The van der Waals surface area contributed by atoms with Crippen LogP contribution in [0.25, 0.3) is 0 Å². The molecule has 1 aliphatic rings. The Kier molecular flexibility index (Phi) is 6.94. The molecule has 0 spiro atoms. The fourth-order valence-electron chi connectivity index (χ4n) is 2.09. The van der Waals surface area contributed by atoms with Gasteiger partial charge >= 0.3 is 0 Å². The molecule has 0 atom stereocenters. The van der Waals surface area contributed by atoms with E-state index in [9.17, 15) is 4.79 Å². The molecular formula is C13H17Cl3N2O. The summed E-state index contributed by atoms with van der Waals surface area (Å²) < 4.78 is 0. The first-order valence-electron chi connectivity index (χ1n) is 5.99. The van der Waals surface area contributed by atoms with E-state index < -0.39 is 0 Å². The first kappa shape index (κ1) is 16.6. The Hall–Kier alpha value is -0.480. The summed E-state index contributed by atoms with van der Waals surface area (Å²) >= 11 is 11.4. The quantitative estimate of drug-likeness (QED) is 0.798. The van der Waals surface area contributed by atoms with Crippen molar-refractivity contribution in [2.75, 3.05) is 32.1 Å². The van der Waals surface area contributed by atoms with E-state index in [2.05, 4.69) is 4.90 Å². The van der Waals surface area contributed by atoms with Crippen LogP contribution in [0.1, 0.15) is 5.56 Å². The highest BCUT2D eigenvalue weighted by Gasteiger charge is 2.20. The molecule has 0 radical (unpaired) electrons. The predicted octanol–water partition coefficient (Wildman–Crippen LogP) is 2.64. The number of alkyl halides is 1. The van der Waals surface area contributed by atoms with Gasteiger partial charge in [-0.25, -0.2) is 0 Å². The van der Waals surface area contributed by atoms with E-state index in [1.165, 1.54) is 5.56 Å². The first-order valence-corrected chi connectivity index (χ1v) is 6.91. The van der Waals surface area contributed by atoms with E-state index >= 15 is 0 Å². The number of benzene rings is 1. The van der Waals surface area contributed by atoms with Gasteiger partial charge in [0.1, 0.15) is 5.88 Å². The van der Waals surface area contributed by atoms with Gasteiger partial charge in [0.15, 0.2) is 0 Å². The number of halogens is 3. The van der Waals surface area contributed by atoms with Gasteiger partial charge in [-0.2, -0.15) is 0 Å². The van der Waals surface area contributed by atoms with Gasteiger partial charge in [0.2, 0.25) is 5.91 Å². The summed E-state index contributed by atoms with van der Waals surface area (Å²) in [4.78, 5) is 15.6. The molecule has 0 bridgehead atoms. The average molecular weight is 324 g/mol. The molecule has 0 N–H and O–H groups in total. The van der Waals surface area contributed by atoms with Gasteiger partial charge in [0.05, 0.1) is 0 Å².